The Kier molecular flexibility index (Phi) is 6.70. The van der Waals surface area contributed by atoms with Crippen molar-refractivity contribution in [2.75, 3.05) is 33.8 Å². The van der Waals surface area contributed by atoms with Crippen molar-refractivity contribution in [3.05, 3.63) is 0 Å². The van der Waals surface area contributed by atoms with Crippen LogP contribution < -0.4 is 5.32 Å². The first-order valence-corrected chi connectivity index (χ1v) is 8.80. The van der Waals surface area contributed by atoms with E-state index in [-0.39, 0.29) is 49.1 Å². The van der Waals surface area contributed by atoms with Gasteiger partial charge in [-0.2, -0.15) is 0 Å². The van der Waals surface area contributed by atoms with Crippen molar-refractivity contribution in [3.63, 3.8) is 0 Å². The highest BCUT2D eigenvalue weighted by Gasteiger charge is 2.47. The predicted molar refractivity (Wildman–Crippen MR) is 89.4 cm³/mol. The van der Waals surface area contributed by atoms with Gasteiger partial charge in [0.25, 0.3) is 5.91 Å². The van der Waals surface area contributed by atoms with Gasteiger partial charge in [-0.05, 0) is 12.8 Å². The second-order valence-electron chi connectivity index (χ2n) is 6.66. The molecule has 1 saturated heterocycles. The fourth-order valence-electron chi connectivity index (χ4n) is 3.36. The second kappa shape index (κ2) is 8.77. The Balaban J connectivity index is 1.75. The second-order valence-corrected chi connectivity index (χ2v) is 6.66. The highest BCUT2D eigenvalue weighted by molar-refractivity contribution is 6.05. The summed E-state index contributed by atoms with van der Waals surface area (Å²) in [4.78, 5) is 61.7. The average Bonchev–Trinajstić information content (AvgIpc) is 2.88. The minimum atomic E-state index is -0.665. The van der Waals surface area contributed by atoms with E-state index in [1.54, 1.807) is 0 Å². The van der Waals surface area contributed by atoms with Crippen molar-refractivity contribution < 1.29 is 28.7 Å². The first-order valence-electron chi connectivity index (χ1n) is 8.80. The Morgan fingerprint density at radius 2 is 1.73 bits per heavy atom. The van der Waals surface area contributed by atoms with E-state index in [2.05, 4.69) is 5.32 Å². The number of imide groups is 1. The quantitative estimate of drug-likeness (QED) is 0.470. The average molecular weight is 367 g/mol. The van der Waals surface area contributed by atoms with Crippen LogP contribution in [0.5, 0.6) is 0 Å². The largest absolute Gasteiger partial charge is 0.456 e. The van der Waals surface area contributed by atoms with Crippen LogP contribution in [-0.2, 0) is 28.7 Å². The third-order valence-corrected chi connectivity index (χ3v) is 4.91. The normalized spacial score (nSPS) is 22.0. The number of likely N-dealkylation sites (N-methyl/N-ethyl adjacent to an activating group) is 2. The van der Waals surface area contributed by atoms with Crippen LogP contribution in [-0.4, -0.2) is 73.2 Å². The number of hydrogen-bond donors (Lipinski definition) is 1. The molecular formula is C17H25N3O6. The number of fused-ring (bicyclic) bond motifs is 1. The van der Waals surface area contributed by atoms with Gasteiger partial charge in [0.1, 0.15) is 0 Å². The summed E-state index contributed by atoms with van der Waals surface area (Å²) in [5.74, 6) is -2.40. The van der Waals surface area contributed by atoms with E-state index in [0.717, 1.165) is 35.5 Å². The van der Waals surface area contributed by atoms with Gasteiger partial charge < -0.3 is 15.0 Å². The van der Waals surface area contributed by atoms with Crippen LogP contribution in [0.2, 0.25) is 0 Å². The van der Waals surface area contributed by atoms with Gasteiger partial charge in [-0.15, -0.1) is 0 Å². The summed E-state index contributed by atoms with van der Waals surface area (Å²) in [5.41, 5.74) is 0. The maximum atomic E-state index is 12.3. The lowest BCUT2D eigenvalue weighted by molar-refractivity contribution is -0.152. The molecule has 2 fully saturated rings. The molecule has 1 aliphatic carbocycles. The molecule has 4 amide bonds. The van der Waals surface area contributed by atoms with E-state index in [1.165, 1.54) is 14.1 Å². The number of likely N-dealkylation sites (tertiary alicyclic amines) is 1. The number of ether oxygens (including phenoxy) is 1. The number of carbonyl (C=O) groups is 5. The predicted octanol–water partition coefficient (Wildman–Crippen LogP) is -0.701. The van der Waals surface area contributed by atoms with Gasteiger partial charge in [0.15, 0.2) is 6.61 Å². The number of hydrogen-bond acceptors (Lipinski definition) is 6. The maximum Gasteiger partial charge on any atom is 0.308 e. The molecule has 0 radical (unpaired) electrons. The third kappa shape index (κ3) is 4.59. The van der Waals surface area contributed by atoms with E-state index in [1.807, 2.05) is 0 Å². The smallest absolute Gasteiger partial charge is 0.308 e. The molecule has 0 aromatic carbocycles. The molecule has 0 aromatic rings. The summed E-state index contributed by atoms with van der Waals surface area (Å²) in [6.07, 6.45) is 3.19. The fourth-order valence-corrected chi connectivity index (χ4v) is 3.36. The number of rotatable bonds is 7. The molecule has 2 rings (SSSR count). The first kappa shape index (κ1) is 19.9. The summed E-state index contributed by atoms with van der Waals surface area (Å²) in [5, 5.41) is 2.39. The zero-order valence-electron chi connectivity index (χ0n) is 15.2. The Labute approximate surface area is 152 Å². The Bertz CT molecular complexity index is 581. The molecule has 1 aliphatic heterocycles. The van der Waals surface area contributed by atoms with E-state index >= 15 is 0 Å². The molecule has 144 valence electrons. The molecule has 1 saturated carbocycles. The van der Waals surface area contributed by atoms with Crippen LogP contribution in [0.3, 0.4) is 0 Å². The monoisotopic (exact) mass is 367 g/mol. The fraction of sp³-hybridized carbons (Fsp3) is 0.706. The number of carbonyl (C=O) groups excluding carboxylic acids is 5. The van der Waals surface area contributed by atoms with E-state index in [9.17, 15) is 24.0 Å². The minimum Gasteiger partial charge on any atom is -0.456 e. The lowest BCUT2D eigenvalue weighted by atomic mass is 9.81. The SMILES string of the molecule is CNC(=O)CN(C)C(=O)COC(=O)CCN1C(=O)[C@H]2CCCC[C@H]2C1=O. The van der Waals surface area contributed by atoms with E-state index in [4.69, 9.17) is 4.74 Å². The zero-order chi connectivity index (χ0) is 19.3. The number of esters is 1. The summed E-state index contributed by atoms with van der Waals surface area (Å²) in [7, 11) is 2.88. The molecule has 26 heavy (non-hydrogen) atoms. The standard InChI is InChI=1S/C17H25N3O6/c1-18-13(21)9-19(2)14(22)10-26-15(23)7-8-20-16(24)11-5-3-4-6-12(11)17(20)25/h11-12H,3-10H2,1-2H3,(H,18,21)/t11-,12+. The topological polar surface area (TPSA) is 113 Å². The number of nitrogens with zero attached hydrogens (tertiary/aromatic N) is 2. The Morgan fingerprint density at radius 3 is 2.27 bits per heavy atom. The van der Waals surface area contributed by atoms with Crippen LogP contribution in [0.15, 0.2) is 0 Å². The Morgan fingerprint density at radius 1 is 1.15 bits per heavy atom. The molecule has 2 atom stereocenters. The van der Waals surface area contributed by atoms with Crippen LogP contribution in [0.25, 0.3) is 0 Å². The molecule has 1 heterocycles. The number of nitrogens with one attached hydrogen (secondary N) is 1. The van der Waals surface area contributed by atoms with Crippen LogP contribution >= 0.6 is 0 Å². The zero-order valence-corrected chi connectivity index (χ0v) is 15.2. The molecule has 1 N–H and O–H groups in total. The molecule has 0 unspecified atom stereocenters. The molecular weight excluding hydrogens is 342 g/mol. The number of amides is 4. The summed E-state index contributed by atoms with van der Waals surface area (Å²) in [6.45, 7) is -0.641. The van der Waals surface area contributed by atoms with Crippen molar-refractivity contribution >= 4 is 29.6 Å². The summed E-state index contributed by atoms with van der Waals surface area (Å²) < 4.78 is 4.88. The molecule has 9 nitrogen and oxygen atoms in total. The molecule has 0 aromatic heterocycles. The van der Waals surface area contributed by atoms with Gasteiger partial charge in [-0.3, -0.25) is 28.9 Å². The maximum absolute atomic E-state index is 12.3. The minimum absolute atomic E-state index is 0.0221. The Hall–Kier alpha value is -2.45. The van der Waals surface area contributed by atoms with Crippen LogP contribution in [0.1, 0.15) is 32.1 Å². The lowest BCUT2D eigenvalue weighted by Gasteiger charge is -2.19. The van der Waals surface area contributed by atoms with Crippen LogP contribution in [0, 0.1) is 11.8 Å². The van der Waals surface area contributed by atoms with E-state index in [0.29, 0.717) is 0 Å². The molecule has 9 heteroatoms. The molecule has 0 spiro atoms. The van der Waals surface area contributed by atoms with E-state index < -0.39 is 18.5 Å². The van der Waals surface area contributed by atoms with Crippen molar-refractivity contribution in [1.29, 1.82) is 0 Å². The highest BCUT2D eigenvalue weighted by Crippen LogP contribution is 2.37. The van der Waals surface area contributed by atoms with Gasteiger partial charge in [-0.25, -0.2) is 0 Å². The van der Waals surface area contributed by atoms with Gasteiger partial charge in [0.2, 0.25) is 17.7 Å². The molecule has 0 bridgehead atoms. The van der Waals surface area contributed by atoms with Crippen molar-refractivity contribution in [2.45, 2.75) is 32.1 Å². The van der Waals surface area contributed by atoms with Crippen molar-refractivity contribution in [2.24, 2.45) is 11.8 Å². The van der Waals surface area contributed by atoms with Crippen LogP contribution in [0.4, 0.5) is 0 Å². The van der Waals surface area contributed by atoms with Crippen molar-refractivity contribution in [1.82, 2.24) is 15.1 Å². The van der Waals surface area contributed by atoms with Gasteiger partial charge in [0.05, 0.1) is 24.8 Å². The first-order chi connectivity index (χ1) is 12.3. The van der Waals surface area contributed by atoms with Gasteiger partial charge >= 0.3 is 5.97 Å². The third-order valence-electron chi connectivity index (χ3n) is 4.91. The summed E-state index contributed by atoms with van der Waals surface area (Å²) in [6, 6.07) is 0. The highest BCUT2D eigenvalue weighted by atomic mass is 16.5. The molecule has 2 aliphatic rings. The summed E-state index contributed by atoms with van der Waals surface area (Å²) >= 11 is 0. The van der Waals surface area contributed by atoms with Gasteiger partial charge in [0, 0.05) is 20.6 Å². The van der Waals surface area contributed by atoms with Gasteiger partial charge in [-0.1, -0.05) is 12.8 Å². The lowest BCUT2D eigenvalue weighted by Crippen LogP contribution is -2.39. The van der Waals surface area contributed by atoms with Crippen molar-refractivity contribution in [3.8, 4) is 0 Å².